The number of hydrogen-bond donors (Lipinski definition) is 3. The average Bonchev–Trinajstić information content (AvgIpc) is 2.28. The molecule has 0 aliphatic carbocycles. The number of nitrogens with two attached hydrogens (primary N) is 2. The zero-order valence-corrected chi connectivity index (χ0v) is 11.9. The molecule has 0 aliphatic heterocycles. The Balaban J connectivity index is 3.07. The van der Waals surface area contributed by atoms with Crippen molar-refractivity contribution in [3.05, 3.63) is 28.8 Å². The number of aryl methyl sites for hydroxylation is 2. The first-order valence-electron chi connectivity index (χ1n) is 6.62. The normalized spacial score (nSPS) is 14.8. The lowest BCUT2D eigenvalue weighted by atomic mass is 9.77. The van der Waals surface area contributed by atoms with Crippen molar-refractivity contribution in [2.24, 2.45) is 23.3 Å². The summed E-state index contributed by atoms with van der Waals surface area (Å²) in [7, 11) is 0. The van der Waals surface area contributed by atoms with Gasteiger partial charge in [0.25, 0.3) is 0 Å². The first-order valence-corrected chi connectivity index (χ1v) is 6.62. The van der Waals surface area contributed by atoms with Crippen LogP contribution in [0.5, 0.6) is 5.75 Å². The van der Waals surface area contributed by atoms with E-state index in [1.165, 1.54) is 5.56 Å². The van der Waals surface area contributed by atoms with E-state index in [-0.39, 0.29) is 0 Å². The Bertz CT molecular complexity index is 376. The van der Waals surface area contributed by atoms with Crippen molar-refractivity contribution in [2.45, 2.75) is 33.6 Å². The van der Waals surface area contributed by atoms with E-state index < -0.39 is 0 Å². The quantitative estimate of drug-likeness (QED) is 0.750. The molecule has 18 heavy (non-hydrogen) atoms. The van der Waals surface area contributed by atoms with Gasteiger partial charge >= 0.3 is 0 Å². The van der Waals surface area contributed by atoms with Gasteiger partial charge in [-0.05, 0) is 73.5 Å². The molecule has 3 heteroatoms. The molecule has 0 saturated heterocycles. The summed E-state index contributed by atoms with van der Waals surface area (Å²) < 4.78 is 0. The average molecular weight is 250 g/mol. The minimum atomic E-state index is 0.336. The Labute approximate surface area is 110 Å². The molecule has 0 bridgehead atoms. The van der Waals surface area contributed by atoms with Gasteiger partial charge in [-0.2, -0.15) is 0 Å². The summed E-state index contributed by atoms with van der Waals surface area (Å²) in [5.41, 5.74) is 15.1. The Morgan fingerprint density at radius 2 is 1.50 bits per heavy atom. The van der Waals surface area contributed by atoms with Crippen molar-refractivity contribution in [3.8, 4) is 5.75 Å². The Hall–Kier alpha value is -1.06. The molecule has 1 aromatic rings. The molecule has 0 fully saturated rings. The van der Waals surface area contributed by atoms with E-state index in [9.17, 15) is 5.11 Å². The lowest BCUT2D eigenvalue weighted by Crippen LogP contribution is -2.32. The van der Waals surface area contributed by atoms with Gasteiger partial charge in [-0.25, -0.2) is 0 Å². The third-order valence-electron chi connectivity index (χ3n) is 4.17. The highest BCUT2D eigenvalue weighted by Gasteiger charge is 2.24. The van der Waals surface area contributed by atoms with Crippen molar-refractivity contribution in [1.29, 1.82) is 0 Å². The summed E-state index contributed by atoms with van der Waals surface area (Å²) in [6.45, 7) is 9.77. The number of phenolic OH excluding ortho intramolecular Hbond substituents is 1. The van der Waals surface area contributed by atoms with Crippen LogP contribution in [0.25, 0.3) is 0 Å². The van der Waals surface area contributed by atoms with Gasteiger partial charge in [0.1, 0.15) is 5.75 Å². The van der Waals surface area contributed by atoms with Crippen LogP contribution in [0.3, 0.4) is 0 Å². The highest BCUT2D eigenvalue weighted by Crippen LogP contribution is 2.34. The first-order chi connectivity index (χ1) is 8.42. The standard InChI is InChI=1S/C15H26N2O/c1-9-5-14(18)6-10(2)15(9)12(4)11(3)13(7-16)8-17/h5-6,11-13,18H,7-8,16-17H2,1-4H3. The van der Waals surface area contributed by atoms with Crippen LogP contribution in [0.1, 0.15) is 36.5 Å². The molecule has 0 heterocycles. The molecule has 0 amide bonds. The maximum atomic E-state index is 9.60. The fourth-order valence-electron chi connectivity index (χ4n) is 2.87. The van der Waals surface area contributed by atoms with E-state index in [1.807, 2.05) is 26.0 Å². The number of hydrogen-bond acceptors (Lipinski definition) is 3. The van der Waals surface area contributed by atoms with E-state index in [0.29, 0.717) is 36.6 Å². The SMILES string of the molecule is Cc1cc(O)cc(C)c1C(C)C(C)C(CN)CN. The molecule has 0 aromatic heterocycles. The van der Waals surface area contributed by atoms with Crippen molar-refractivity contribution < 1.29 is 5.11 Å². The number of phenols is 1. The predicted molar refractivity (Wildman–Crippen MR) is 76.8 cm³/mol. The minimum Gasteiger partial charge on any atom is -0.508 e. The second-order valence-electron chi connectivity index (χ2n) is 5.37. The molecule has 0 spiro atoms. The minimum absolute atomic E-state index is 0.336. The van der Waals surface area contributed by atoms with E-state index >= 15 is 0 Å². The Kier molecular flexibility index (Phi) is 5.17. The highest BCUT2D eigenvalue weighted by molar-refractivity contribution is 5.42. The molecule has 0 saturated carbocycles. The summed E-state index contributed by atoms with van der Waals surface area (Å²) in [6, 6.07) is 3.65. The van der Waals surface area contributed by atoms with Crippen LogP contribution in [0, 0.1) is 25.7 Å². The van der Waals surface area contributed by atoms with Crippen molar-refractivity contribution in [2.75, 3.05) is 13.1 Å². The van der Waals surface area contributed by atoms with Gasteiger partial charge in [-0.1, -0.05) is 13.8 Å². The first kappa shape index (κ1) is 15.0. The van der Waals surface area contributed by atoms with Gasteiger partial charge in [-0.15, -0.1) is 0 Å². The Morgan fingerprint density at radius 1 is 1.06 bits per heavy atom. The molecule has 2 atom stereocenters. The fourth-order valence-corrected chi connectivity index (χ4v) is 2.87. The highest BCUT2D eigenvalue weighted by atomic mass is 16.3. The molecular weight excluding hydrogens is 224 g/mol. The van der Waals surface area contributed by atoms with Gasteiger partial charge in [0.15, 0.2) is 0 Å². The molecular formula is C15H26N2O. The molecule has 0 radical (unpaired) electrons. The largest absolute Gasteiger partial charge is 0.508 e. The number of benzene rings is 1. The second-order valence-corrected chi connectivity index (χ2v) is 5.37. The smallest absolute Gasteiger partial charge is 0.116 e. The van der Waals surface area contributed by atoms with Gasteiger partial charge in [0.05, 0.1) is 0 Å². The lowest BCUT2D eigenvalue weighted by Gasteiger charge is -2.29. The maximum absolute atomic E-state index is 9.60. The van der Waals surface area contributed by atoms with Crippen molar-refractivity contribution >= 4 is 0 Å². The number of rotatable bonds is 5. The molecule has 102 valence electrons. The summed E-state index contributed by atoms with van der Waals surface area (Å²) in [5, 5.41) is 9.60. The van der Waals surface area contributed by atoms with Crippen molar-refractivity contribution in [1.82, 2.24) is 0 Å². The zero-order valence-electron chi connectivity index (χ0n) is 11.9. The molecule has 5 N–H and O–H groups in total. The number of aromatic hydroxyl groups is 1. The van der Waals surface area contributed by atoms with Gasteiger partial charge in [-0.3, -0.25) is 0 Å². The predicted octanol–water partition coefficient (Wildman–Crippen LogP) is 2.28. The van der Waals surface area contributed by atoms with E-state index in [4.69, 9.17) is 11.5 Å². The van der Waals surface area contributed by atoms with Gasteiger partial charge in [0, 0.05) is 0 Å². The van der Waals surface area contributed by atoms with Crippen LogP contribution in [-0.2, 0) is 0 Å². The van der Waals surface area contributed by atoms with Crippen molar-refractivity contribution in [3.63, 3.8) is 0 Å². The molecule has 2 unspecified atom stereocenters. The van der Waals surface area contributed by atoms with Crippen LogP contribution in [0.2, 0.25) is 0 Å². The molecule has 1 rings (SSSR count). The summed E-state index contributed by atoms with van der Waals surface area (Å²) in [4.78, 5) is 0. The summed E-state index contributed by atoms with van der Waals surface area (Å²) in [5.74, 6) is 1.50. The summed E-state index contributed by atoms with van der Waals surface area (Å²) in [6.07, 6.45) is 0. The van der Waals surface area contributed by atoms with Gasteiger partial charge in [0.2, 0.25) is 0 Å². The fraction of sp³-hybridized carbons (Fsp3) is 0.600. The van der Waals surface area contributed by atoms with Crippen LogP contribution in [0.4, 0.5) is 0 Å². The van der Waals surface area contributed by atoms with E-state index in [1.54, 1.807) is 0 Å². The van der Waals surface area contributed by atoms with E-state index in [0.717, 1.165) is 11.1 Å². The van der Waals surface area contributed by atoms with Crippen LogP contribution >= 0.6 is 0 Å². The lowest BCUT2D eigenvalue weighted by molar-refractivity contribution is 0.327. The summed E-state index contributed by atoms with van der Waals surface area (Å²) >= 11 is 0. The van der Waals surface area contributed by atoms with Crippen LogP contribution < -0.4 is 11.5 Å². The maximum Gasteiger partial charge on any atom is 0.116 e. The Morgan fingerprint density at radius 3 is 1.89 bits per heavy atom. The van der Waals surface area contributed by atoms with Gasteiger partial charge < -0.3 is 16.6 Å². The third kappa shape index (κ3) is 3.03. The molecule has 0 aliphatic rings. The monoisotopic (exact) mass is 250 g/mol. The zero-order chi connectivity index (χ0) is 13.9. The van der Waals surface area contributed by atoms with E-state index in [2.05, 4.69) is 13.8 Å². The van der Waals surface area contributed by atoms with Crippen LogP contribution in [-0.4, -0.2) is 18.2 Å². The second kappa shape index (κ2) is 6.21. The third-order valence-corrected chi connectivity index (χ3v) is 4.17. The topological polar surface area (TPSA) is 72.3 Å². The molecule has 1 aromatic carbocycles. The van der Waals surface area contributed by atoms with Crippen LogP contribution in [0.15, 0.2) is 12.1 Å². The molecule has 3 nitrogen and oxygen atoms in total.